The van der Waals surface area contributed by atoms with Gasteiger partial charge in [-0.2, -0.15) is 5.10 Å². The molecule has 2 N–H and O–H groups in total. The van der Waals surface area contributed by atoms with Gasteiger partial charge in [0, 0.05) is 17.7 Å². The van der Waals surface area contributed by atoms with Gasteiger partial charge in [-0.05, 0) is 55.2 Å². The molecule has 1 aliphatic heterocycles. The molecule has 2 heterocycles. The summed E-state index contributed by atoms with van der Waals surface area (Å²) in [5.41, 5.74) is 5.43. The van der Waals surface area contributed by atoms with Gasteiger partial charge in [0.1, 0.15) is 29.5 Å². The number of nitrogens with zero attached hydrogens (tertiary/aromatic N) is 2. The predicted octanol–water partition coefficient (Wildman–Crippen LogP) is 4.92. The largest absolute Gasteiger partial charge is 0.507 e. The number of hydrogen-bond acceptors (Lipinski definition) is 4. The molecule has 0 bridgehead atoms. The average Bonchev–Trinajstić information content (AvgIpc) is 3.26. The van der Waals surface area contributed by atoms with E-state index >= 15 is 0 Å². The zero-order valence-electron chi connectivity index (χ0n) is 18.1. The number of carbonyl (C=O) groups excluding carboxylic acids is 1. The molecule has 1 unspecified atom stereocenters. The Balaban J connectivity index is 1.84. The fraction of sp³-hybridized carbons (Fsp3) is 0.280. The van der Waals surface area contributed by atoms with Crippen LogP contribution in [0.1, 0.15) is 52.1 Å². The molecule has 1 aliphatic rings. The number of benzene rings is 2. The van der Waals surface area contributed by atoms with Crippen LogP contribution in [0.2, 0.25) is 0 Å². The number of aryl methyl sites for hydroxylation is 2. The normalized spacial score (nSPS) is 15.3. The van der Waals surface area contributed by atoms with Crippen molar-refractivity contribution in [3.05, 3.63) is 77.0 Å². The van der Waals surface area contributed by atoms with Crippen molar-refractivity contribution in [2.45, 2.75) is 33.2 Å². The van der Waals surface area contributed by atoms with Crippen LogP contribution in [0.5, 0.6) is 11.5 Å². The molecule has 6 nitrogen and oxygen atoms in total. The molecule has 1 amide bonds. The highest BCUT2D eigenvalue weighted by molar-refractivity contribution is 6.00. The first-order valence-electron chi connectivity index (χ1n) is 10.5. The molecule has 4 rings (SSSR count). The Morgan fingerprint density at radius 2 is 2.00 bits per heavy atom. The van der Waals surface area contributed by atoms with Crippen LogP contribution >= 0.6 is 0 Å². The van der Waals surface area contributed by atoms with E-state index in [0.717, 1.165) is 34.4 Å². The minimum atomic E-state index is -0.287. The van der Waals surface area contributed by atoms with E-state index < -0.39 is 0 Å². The summed E-state index contributed by atoms with van der Waals surface area (Å²) in [7, 11) is 0. The van der Waals surface area contributed by atoms with Crippen molar-refractivity contribution in [2.75, 3.05) is 13.2 Å². The van der Waals surface area contributed by atoms with Crippen LogP contribution in [-0.4, -0.2) is 39.3 Å². The molecular formula is C25H27N3O3. The number of fused-ring (bicyclic) bond motifs is 1. The van der Waals surface area contributed by atoms with Crippen molar-refractivity contribution < 1.29 is 14.6 Å². The molecule has 6 heteroatoms. The zero-order chi connectivity index (χ0) is 22.1. The third-order valence-corrected chi connectivity index (χ3v) is 5.59. The lowest BCUT2D eigenvalue weighted by atomic mass is 9.93. The highest BCUT2D eigenvalue weighted by atomic mass is 16.5. The fourth-order valence-electron chi connectivity index (χ4n) is 4.36. The molecule has 1 aromatic heterocycles. The van der Waals surface area contributed by atoms with E-state index in [9.17, 15) is 9.90 Å². The van der Waals surface area contributed by atoms with Crippen molar-refractivity contribution in [1.29, 1.82) is 0 Å². The van der Waals surface area contributed by atoms with Crippen LogP contribution in [-0.2, 0) is 0 Å². The van der Waals surface area contributed by atoms with Gasteiger partial charge in [-0.15, -0.1) is 0 Å². The SMILES string of the molecule is C=CCOc1ccc(C2c3c(-c4c(C)cc(C)cc4O)n[nH]c3C(=O)N2CCC)cc1. The number of H-pyrrole nitrogens is 1. The van der Waals surface area contributed by atoms with Gasteiger partial charge in [-0.3, -0.25) is 9.89 Å². The molecule has 3 aromatic rings. The molecule has 1 atom stereocenters. The van der Waals surface area contributed by atoms with E-state index in [1.165, 1.54) is 0 Å². The van der Waals surface area contributed by atoms with Crippen molar-refractivity contribution in [3.8, 4) is 22.8 Å². The topological polar surface area (TPSA) is 78.5 Å². The molecule has 2 aromatic carbocycles. The van der Waals surface area contributed by atoms with E-state index in [0.29, 0.717) is 30.1 Å². The Hall–Kier alpha value is -3.54. The number of phenolic OH excluding ortho intramolecular Hbond substituents is 1. The summed E-state index contributed by atoms with van der Waals surface area (Å²) in [6.45, 7) is 10.7. The lowest BCUT2D eigenvalue weighted by Gasteiger charge is -2.26. The Kier molecular flexibility index (Phi) is 5.55. The molecule has 0 saturated heterocycles. The Labute approximate surface area is 182 Å². The van der Waals surface area contributed by atoms with Crippen LogP contribution in [0.4, 0.5) is 0 Å². The quantitative estimate of drug-likeness (QED) is 0.535. The maximum Gasteiger partial charge on any atom is 0.273 e. The third kappa shape index (κ3) is 3.58. The number of ether oxygens (including phenoxy) is 1. The van der Waals surface area contributed by atoms with Crippen LogP contribution in [0.15, 0.2) is 49.1 Å². The van der Waals surface area contributed by atoms with Gasteiger partial charge in [0.25, 0.3) is 5.91 Å². The molecule has 0 fully saturated rings. The molecule has 160 valence electrons. The first kappa shape index (κ1) is 20.7. The third-order valence-electron chi connectivity index (χ3n) is 5.59. The second-order valence-corrected chi connectivity index (χ2v) is 7.91. The second-order valence-electron chi connectivity index (χ2n) is 7.91. The first-order chi connectivity index (χ1) is 15.0. The lowest BCUT2D eigenvalue weighted by molar-refractivity contribution is 0.0744. The molecule has 0 aliphatic carbocycles. The number of nitrogens with one attached hydrogen (secondary N) is 1. The van der Waals surface area contributed by atoms with Gasteiger partial charge in [0.2, 0.25) is 0 Å². The predicted molar refractivity (Wildman–Crippen MR) is 120 cm³/mol. The monoisotopic (exact) mass is 417 g/mol. The highest BCUT2D eigenvalue weighted by Crippen LogP contribution is 2.45. The highest BCUT2D eigenvalue weighted by Gasteiger charge is 2.42. The standard InChI is InChI=1S/C25H27N3O3/c1-5-11-28-24(17-7-9-18(10-8-17)31-12-6-2)21-22(26-27-23(21)25(28)30)20-16(4)13-15(3)14-19(20)29/h6-10,13-14,24,29H,2,5,11-12H2,1,3-4H3,(H,26,27). The minimum absolute atomic E-state index is 0.0724. The zero-order valence-corrected chi connectivity index (χ0v) is 18.1. The van der Waals surface area contributed by atoms with Gasteiger partial charge >= 0.3 is 0 Å². The van der Waals surface area contributed by atoms with Crippen LogP contribution in [0.25, 0.3) is 11.3 Å². The Bertz CT molecular complexity index is 1110. The fourth-order valence-corrected chi connectivity index (χ4v) is 4.36. The van der Waals surface area contributed by atoms with Crippen LogP contribution in [0.3, 0.4) is 0 Å². The van der Waals surface area contributed by atoms with Crippen LogP contribution in [0, 0.1) is 13.8 Å². The Morgan fingerprint density at radius 3 is 2.65 bits per heavy atom. The van der Waals surface area contributed by atoms with E-state index in [2.05, 4.69) is 23.7 Å². The summed E-state index contributed by atoms with van der Waals surface area (Å²) in [4.78, 5) is 15.1. The van der Waals surface area contributed by atoms with Gasteiger partial charge in [-0.25, -0.2) is 0 Å². The summed E-state index contributed by atoms with van der Waals surface area (Å²) in [6, 6.07) is 11.2. The number of rotatable bonds is 7. The lowest BCUT2D eigenvalue weighted by Crippen LogP contribution is -2.30. The van der Waals surface area contributed by atoms with Crippen molar-refractivity contribution >= 4 is 5.91 Å². The second kappa shape index (κ2) is 8.30. The molecular weight excluding hydrogens is 390 g/mol. The number of aromatic hydroxyl groups is 1. The smallest absolute Gasteiger partial charge is 0.273 e. The number of aromatic amines is 1. The number of hydrogen-bond donors (Lipinski definition) is 2. The van der Waals surface area contributed by atoms with Gasteiger partial charge in [0.05, 0.1) is 6.04 Å². The van der Waals surface area contributed by atoms with Gasteiger partial charge < -0.3 is 14.7 Å². The number of phenols is 1. The molecule has 31 heavy (non-hydrogen) atoms. The maximum absolute atomic E-state index is 13.2. The number of amides is 1. The molecule has 0 saturated carbocycles. The van der Waals surface area contributed by atoms with E-state index in [1.807, 2.05) is 49.1 Å². The van der Waals surface area contributed by atoms with Crippen LogP contribution < -0.4 is 4.74 Å². The number of aromatic nitrogens is 2. The van der Waals surface area contributed by atoms with E-state index in [4.69, 9.17) is 4.74 Å². The Morgan fingerprint density at radius 1 is 1.26 bits per heavy atom. The average molecular weight is 418 g/mol. The minimum Gasteiger partial charge on any atom is -0.507 e. The van der Waals surface area contributed by atoms with Crippen molar-refractivity contribution in [3.63, 3.8) is 0 Å². The van der Waals surface area contributed by atoms with Gasteiger partial charge in [-0.1, -0.05) is 37.8 Å². The number of carbonyl (C=O) groups is 1. The van der Waals surface area contributed by atoms with Gasteiger partial charge in [0.15, 0.2) is 0 Å². The maximum atomic E-state index is 13.2. The van der Waals surface area contributed by atoms with E-state index in [-0.39, 0.29) is 17.7 Å². The van der Waals surface area contributed by atoms with E-state index in [1.54, 1.807) is 12.1 Å². The summed E-state index contributed by atoms with van der Waals surface area (Å²) in [6.07, 6.45) is 2.54. The molecule has 0 radical (unpaired) electrons. The van der Waals surface area contributed by atoms with Crippen molar-refractivity contribution in [2.24, 2.45) is 0 Å². The summed E-state index contributed by atoms with van der Waals surface area (Å²) < 4.78 is 5.61. The summed E-state index contributed by atoms with van der Waals surface area (Å²) in [5, 5.41) is 18.1. The molecule has 0 spiro atoms. The first-order valence-corrected chi connectivity index (χ1v) is 10.5. The summed E-state index contributed by atoms with van der Waals surface area (Å²) >= 11 is 0. The van der Waals surface area contributed by atoms with Crippen molar-refractivity contribution in [1.82, 2.24) is 15.1 Å². The summed E-state index contributed by atoms with van der Waals surface area (Å²) in [5.74, 6) is 0.839.